The number of fused-ring (bicyclic) bond motifs is 2. The second-order valence-electron chi connectivity index (χ2n) is 8.07. The molecule has 0 atom stereocenters. The Balaban J connectivity index is 1.43. The van der Waals surface area contributed by atoms with Gasteiger partial charge in [0.05, 0.1) is 18.5 Å². The lowest BCUT2D eigenvalue weighted by Crippen LogP contribution is -2.34. The third-order valence-electron chi connectivity index (χ3n) is 5.87. The van der Waals surface area contributed by atoms with E-state index in [4.69, 9.17) is 4.42 Å². The third-order valence-corrected chi connectivity index (χ3v) is 5.87. The van der Waals surface area contributed by atoms with Crippen LogP contribution >= 0.6 is 0 Å². The zero-order chi connectivity index (χ0) is 21.4. The molecule has 2 aromatic carbocycles. The quantitative estimate of drug-likeness (QED) is 0.542. The third kappa shape index (κ3) is 3.77. The Labute approximate surface area is 179 Å². The van der Waals surface area contributed by atoms with Gasteiger partial charge in [0.2, 0.25) is 0 Å². The van der Waals surface area contributed by atoms with Gasteiger partial charge in [-0.15, -0.1) is 0 Å². The Hall–Kier alpha value is -3.67. The van der Waals surface area contributed by atoms with E-state index >= 15 is 0 Å². The maximum Gasteiger partial charge on any atom is 0.291 e. The second-order valence-corrected chi connectivity index (χ2v) is 8.07. The van der Waals surface area contributed by atoms with Crippen LogP contribution in [-0.4, -0.2) is 19.0 Å². The monoisotopic (exact) mass is 414 g/mol. The molecule has 5 rings (SSSR count). The molecule has 0 saturated carbocycles. The number of hydrogen-bond acceptors (Lipinski definition) is 4. The molecule has 31 heavy (non-hydrogen) atoms. The molecule has 1 amide bonds. The van der Waals surface area contributed by atoms with Crippen LogP contribution in [0.2, 0.25) is 0 Å². The first-order chi connectivity index (χ1) is 15.1. The molecule has 0 unspecified atom stereocenters. The normalized spacial score (nSPS) is 14.2. The summed E-state index contributed by atoms with van der Waals surface area (Å²) in [6.07, 6.45) is 3.74. The number of para-hydroxylation sites is 1. The number of pyridine rings is 1. The standard InChI is InChI=1S/C25H23N3O3/c1-16-13-24(28-11-5-2-6-12-28)27-20-10-9-17(14-19(16)20)26-25(30)23-15-21(29)18-7-3-4-8-22(18)31-23/h3-4,7-10,13-15H,2,5-6,11-12H2,1H3,(H,26,30)/p+1. The summed E-state index contributed by atoms with van der Waals surface area (Å²) in [7, 11) is 0. The van der Waals surface area contributed by atoms with E-state index < -0.39 is 5.91 Å². The molecule has 0 radical (unpaired) electrons. The van der Waals surface area contributed by atoms with Crippen molar-refractivity contribution in [3.8, 4) is 0 Å². The van der Waals surface area contributed by atoms with Crippen LogP contribution in [0, 0.1) is 6.92 Å². The second kappa shape index (κ2) is 7.87. The lowest BCUT2D eigenvalue weighted by atomic mass is 10.1. The van der Waals surface area contributed by atoms with Crippen molar-refractivity contribution in [3.05, 3.63) is 76.1 Å². The molecule has 0 spiro atoms. The van der Waals surface area contributed by atoms with Gasteiger partial charge in [-0.25, -0.2) is 4.98 Å². The number of H-pyrrole nitrogens is 1. The van der Waals surface area contributed by atoms with Gasteiger partial charge in [-0.05, 0) is 62.1 Å². The van der Waals surface area contributed by atoms with Crippen LogP contribution < -0.4 is 20.6 Å². The average molecular weight is 414 g/mol. The molecule has 1 aliphatic heterocycles. The number of carbonyl (C=O) groups excluding carboxylic acids is 1. The van der Waals surface area contributed by atoms with Gasteiger partial charge >= 0.3 is 0 Å². The molecule has 0 aliphatic carbocycles. The topological polar surface area (TPSA) is 76.7 Å². The molecular formula is C25H24N3O3+. The highest BCUT2D eigenvalue weighted by Gasteiger charge is 2.20. The molecule has 3 heterocycles. The Morgan fingerprint density at radius 2 is 1.81 bits per heavy atom. The van der Waals surface area contributed by atoms with E-state index in [1.54, 1.807) is 24.3 Å². The lowest BCUT2D eigenvalue weighted by molar-refractivity contribution is -0.330. The summed E-state index contributed by atoms with van der Waals surface area (Å²) in [4.78, 5) is 31.0. The lowest BCUT2D eigenvalue weighted by Gasteiger charge is -2.21. The first-order valence-electron chi connectivity index (χ1n) is 10.6. The zero-order valence-corrected chi connectivity index (χ0v) is 17.4. The SMILES string of the molecule is Cc1cc(N2CCCCC2)[nH+]c2ccc(NC(=O)c3cc(=O)c4ccccc4o3)cc12. The molecule has 6 nitrogen and oxygen atoms in total. The summed E-state index contributed by atoms with van der Waals surface area (Å²) in [5.74, 6) is 0.681. The van der Waals surface area contributed by atoms with Gasteiger partial charge < -0.3 is 9.73 Å². The number of aromatic nitrogens is 1. The highest BCUT2D eigenvalue weighted by Crippen LogP contribution is 2.24. The van der Waals surface area contributed by atoms with E-state index in [0.717, 1.165) is 35.4 Å². The van der Waals surface area contributed by atoms with Crippen molar-refractivity contribution < 1.29 is 14.2 Å². The van der Waals surface area contributed by atoms with Gasteiger partial charge in [0.25, 0.3) is 11.7 Å². The van der Waals surface area contributed by atoms with Crippen molar-refractivity contribution in [1.82, 2.24) is 0 Å². The maximum atomic E-state index is 12.7. The number of nitrogens with one attached hydrogen (secondary N) is 2. The fourth-order valence-electron chi connectivity index (χ4n) is 4.23. The van der Waals surface area contributed by atoms with Gasteiger partial charge in [0, 0.05) is 23.2 Å². The van der Waals surface area contributed by atoms with Crippen molar-refractivity contribution in [2.45, 2.75) is 26.2 Å². The summed E-state index contributed by atoms with van der Waals surface area (Å²) in [5, 5.41) is 4.35. The van der Waals surface area contributed by atoms with Crippen LogP contribution in [0.4, 0.5) is 11.5 Å². The molecule has 0 bridgehead atoms. The highest BCUT2D eigenvalue weighted by molar-refractivity contribution is 6.04. The van der Waals surface area contributed by atoms with E-state index in [2.05, 4.69) is 28.2 Å². The van der Waals surface area contributed by atoms with Crippen LogP contribution in [0.5, 0.6) is 0 Å². The highest BCUT2D eigenvalue weighted by atomic mass is 16.3. The minimum atomic E-state index is -0.450. The number of amides is 1. The molecule has 2 aromatic heterocycles. The molecule has 1 saturated heterocycles. The number of nitrogens with zero attached hydrogens (tertiary/aromatic N) is 1. The van der Waals surface area contributed by atoms with Gasteiger partial charge in [-0.3, -0.25) is 14.5 Å². The van der Waals surface area contributed by atoms with Gasteiger partial charge in [-0.2, -0.15) is 0 Å². The van der Waals surface area contributed by atoms with Crippen LogP contribution in [0.1, 0.15) is 35.4 Å². The van der Waals surface area contributed by atoms with E-state index in [-0.39, 0.29) is 11.2 Å². The number of carbonyl (C=O) groups is 1. The average Bonchev–Trinajstić information content (AvgIpc) is 2.80. The number of aromatic amines is 1. The smallest absolute Gasteiger partial charge is 0.291 e. The number of aryl methyl sites for hydroxylation is 1. The molecule has 1 fully saturated rings. The maximum absolute atomic E-state index is 12.7. The van der Waals surface area contributed by atoms with Crippen LogP contribution in [0.3, 0.4) is 0 Å². The minimum Gasteiger partial charge on any atom is -0.451 e. The molecule has 4 aromatic rings. The summed E-state index contributed by atoms with van der Waals surface area (Å²) < 4.78 is 5.65. The summed E-state index contributed by atoms with van der Waals surface area (Å²) in [6.45, 7) is 4.23. The zero-order valence-electron chi connectivity index (χ0n) is 17.4. The predicted molar refractivity (Wildman–Crippen MR) is 122 cm³/mol. The van der Waals surface area contributed by atoms with Crippen molar-refractivity contribution in [1.29, 1.82) is 0 Å². The Kier molecular flexibility index (Phi) is 4.90. The van der Waals surface area contributed by atoms with Crippen molar-refractivity contribution in [2.24, 2.45) is 0 Å². The molecule has 1 aliphatic rings. The van der Waals surface area contributed by atoms with Crippen molar-refractivity contribution in [3.63, 3.8) is 0 Å². The van der Waals surface area contributed by atoms with Crippen molar-refractivity contribution in [2.75, 3.05) is 23.3 Å². The molecule has 156 valence electrons. The number of rotatable bonds is 3. The van der Waals surface area contributed by atoms with E-state index in [1.807, 2.05) is 18.2 Å². The summed E-state index contributed by atoms with van der Waals surface area (Å²) in [6, 6.07) is 16.1. The number of hydrogen-bond donors (Lipinski definition) is 1. The van der Waals surface area contributed by atoms with E-state index in [9.17, 15) is 9.59 Å². The first kappa shape index (κ1) is 19.3. The van der Waals surface area contributed by atoms with Crippen LogP contribution in [0.15, 0.2) is 63.8 Å². The van der Waals surface area contributed by atoms with Crippen molar-refractivity contribution >= 4 is 39.3 Å². The first-order valence-corrected chi connectivity index (χ1v) is 10.6. The minimum absolute atomic E-state index is 0.00692. The number of anilines is 2. The van der Waals surface area contributed by atoms with E-state index in [0.29, 0.717) is 16.7 Å². The van der Waals surface area contributed by atoms with Crippen LogP contribution in [-0.2, 0) is 0 Å². The Morgan fingerprint density at radius 1 is 1.00 bits per heavy atom. The number of benzene rings is 2. The Bertz CT molecular complexity index is 1350. The fourth-order valence-corrected chi connectivity index (χ4v) is 4.23. The fraction of sp³-hybridized carbons (Fsp3) is 0.240. The molecular weight excluding hydrogens is 390 g/mol. The summed E-state index contributed by atoms with van der Waals surface area (Å²) in [5.41, 5.74) is 2.98. The van der Waals surface area contributed by atoms with Gasteiger partial charge in [-0.1, -0.05) is 12.1 Å². The predicted octanol–water partition coefficient (Wildman–Crippen LogP) is 4.31. The van der Waals surface area contributed by atoms with Gasteiger partial charge in [0.15, 0.2) is 11.2 Å². The molecule has 2 N–H and O–H groups in total. The van der Waals surface area contributed by atoms with Crippen LogP contribution in [0.25, 0.3) is 21.9 Å². The largest absolute Gasteiger partial charge is 0.451 e. The molecule has 6 heteroatoms. The summed E-state index contributed by atoms with van der Waals surface area (Å²) >= 11 is 0. The van der Waals surface area contributed by atoms with Gasteiger partial charge in [0.1, 0.15) is 11.1 Å². The number of piperidine rings is 1. The Morgan fingerprint density at radius 3 is 2.65 bits per heavy atom. The van der Waals surface area contributed by atoms with E-state index in [1.165, 1.54) is 25.3 Å².